The van der Waals surface area contributed by atoms with Crippen molar-refractivity contribution in [2.24, 2.45) is 5.92 Å². The smallest absolute Gasteiger partial charge is 0.137 e. The van der Waals surface area contributed by atoms with Gasteiger partial charge in [-0.3, -0.25) is 0 Å². The number of halogens is 2. The predicted octanol–water partition coefficient (Wildman–Crippen LogP) is 3.54. The van der Waals surface area contributed by atoms with Crippen LogP contribution in [0.1, 0.15) is 25.8 Å². The molecule has 1 N–H and O–H groups in total. The van der Waals surface area contributed by atoms with Gasteiger partial charge < -0.3 is 5.11 Å². The molecule has 0 aliphatic rings. The molecule has 0 fully saturated rings. The van der Waals surface area contributed by atoms with Crippen LogP contribution < -0.4 is 0 Å². The van der Waals surface area contributed by atoms with Crippen molar-refractivity contribution >= 4 is 15.9 Å². The van der Waals surface area contributed by atoms with Crippen molar-refractivity contribution in [1.82, 2.24) is 0 Å². The molecule has 2 unspecified atom stereocenters. The first-order valence-corrected chi connectivity index (χ1v) is 5.96. The lowest BCUT2D eigenvalue weighted by Gasteiger charge is -2.17. The van der Waals surface area contributed by atoms with E-state index in [2.05, 4.69) is 15.9 Å². The van der Waals surface area contributed by atoms with E-state index in [1.54, 1.807) is 6.07 Å². The molecule has 0 aromatic heterocycles. The molecule has 0 bridgehead atoms. The van der Waals surface area contributed by atoms with E-state index in [4.69, 9.17) is 0 Å². The van der Waals surface area contributed by atoms with Crippen LogP contribution in [0.25, 0.3) is 0 Å². The van der Waals surface area contributed by atoms with Crippen LogP contribution >= 0.6 is 15.9 Å². The minimum absolute atomic E-state index is 0.236. The van der Waals surface area contributed by atoms with Gasteiger partial charge in [-0.25, -0.2) is 4.39 Å². The number of hydrogen-bond donors (Lipinski definition) is 1. The van der Waals surface area contributed by atoms with Crippen LogP contribution in [0.5, 0.6) is 0 Å². The molecule has 0 amide bonds. The van der Waals surface area contributed by atoms with Gasteiger partial charge in [0.25, 0.3) is 0 Å². The van der Waals surface area contributed by atoms with Gasteiger partial charge in [0, 0.05) is 0 Å². The van der Waals surface area contributed by atoms with Crippen LogP contribution in [0.15, 0.2) is 22.7 Å². The third-order valence-corrected chi connectivity index (χ3v) is 3.65. The first-order valence-electron chi connectivity index (χ1n) is 5.17. The zero-order chi connectivity index (χ0) is 11.4. The maximum atomic E-state index is 13.2. The summed E-state index contributed by atoms with van der Waals surface area (Å²) in [6, 6.07) is 4.90. The fourth-order valence-electron chi connectivity index (χ4n) is 1.40. The van der Waals surface area contributed by atoms with E-state index < -0.39 is 6.10 Å². The van der Waals surface area contributed by atoms with E-state index in [1.807, 2.05) is 19.9 Å². The monoisotopic (exact) mass is 274 g/mol. The summed E-state index contributed by atoms with van der Waals surface area (Å²) in [7, 11) is 0. The Kier molecular flexibility index (Phi) is 4.74. The third kappa shape index (κ3) is 3.28. The molecule has 3 heteroatoms. The first-order chi connectivity index (χ1) is 7.06. The molecule has 0 radical (unpaired) electrons. The van der Waals surface area contributed by atoms with Crippen molar-refractivity contribution in [3.8, 4) is 0 Å². The zero-order valence-electron chi connectivity index (χ0n) is 9.00. The van der Waals surface area contributed by atoms with E-state index in [-0.39, 0.29) is 11.7 Å². The average molecular weight is 275 g/mol. The fourth-order valence-corrected chi connectivity index (χ4v) is 1.83. The Labute approximate surface area is 98.4 Å². The molecular formula is C12H16BrFO. The quantitative estimate of drug-likeness (QED) is 0.891. The zero-order valence-corrected chi connectivity index (χ0v) is 10.6. The molecular weight excluding hydrogens is 259 g/mol. The molecule has 1 aromatic rings. The van der Waals surface area contributed by atoms with Crippen molar-refractivity contribution in [2.45, 2.75) is 32.8 Å². The Morgan fingerprint density at radius 3 is 2.73 bits per heavy atom. The van der Waals surface area contributed by atoms with Gasteiger partial charge in [-0.05, 0) is 39.9 Å². The number of hydrogen-bond acceptors (Lipinski definition) is 1. The molecule has 0 aliphatic carbocycles. The molecule has 0 saturated heterocycles. The van der Waals surface area contributed by atoms with Gasteiger partial charge in [0.05, 0.1) is 10.6 Å². The van der Waals surface area contributed by atoms with Crippen molar-refractivity contribution in [3.05, 3.63) is 34.1 Å². The summed E-state index contributed by atoms with van der Waals surface area (Å²) < 4.78 is 13.6. The van der Waals surface area contributed by atoms with E-state index in [1.165, 1.54) is 6.07 Å². The van der Waals surface area contributed by atoms with Crippen molar-refractivity contribution in [1.29, 1.82) is 0 Å². The second kappa shape index (κ2) is 5.61. The Morgan fingerprint density at radius 2 is 2.13 bits per heavy atom. The summed E-state index contributed by atoms with van der Waals surface area (Å²) >= 11 is 3.19. The van der Waals surface area contributed by atoms with E-state index in [0.29, 0.717) is 10.9 Å². The lowest BCUT2D eigenvalue weighted by Crippen LogP contribution is -2.20. The molecule has 0 aliphatic heterocycles. The van der Waals surface area contributed by atoms with Crippen LogP contribution in [-0.4, -0.2) is 11.2 Å². The topological polar surface area (TPSA) is 20.2 Å². The van der Waals surface area contributed by atoms with Crippen LogP contribution in [0.4, 0.5) is 4.39 Å². The van der Waals surface area contributed by atoms with E-state index >= 15 is 0 Å². The Hall–Kier alpha value is -0.410. The molecule has 1 nitrogen and oxygen atoms in total. The summed E-state index contributed by atoms with van der Waals surface area (Å²) in [5.74, 6) is -0.0379. The van der Waals surface area contributed by atoms with Gasteiger partial charge in [-0.15, -0.1) is 0 Å². The lowest BCUT2D eigenvalue weighted by molar-refractivity contribution is 0.114. The highest BCUT2D eigenvalue weighted by Crippen LogP contribution is 2.23. The van der Waals surface area contributed by atoms with E-state index in [9.17, 15) is 9.50 Å². The van der Waals surface area contributed by atoms with Crippen molar-refractivity contribution in [3.63, 3.8) is 0 Å². The molecule has 0 spiro atoms. The molecule has 1 aromatic carbocycles. The van der Waals surface area contributed by atoms with Crippen LogP contribution in [0.3, 0.4) is 0 Å². The summed E-state index contributed by atoms with van der Waals surface area (Å²) in [4.78, 5) is 0. The van der Waals surface area contributed by atoms with Gasteiger partial charge in [-0.1, -0.05) is 32.4 Å². The van der Waals surface area contributed by atoms with Crippen LogP contribution in [-0.2, 0) is 6.42 Å². The SMILES string of the molecule is CCC(C)C(O)Cc1cccc(F)c1Br. The van der Waals surface area contributed by atoms with Gasteiger partial charge in [0.2, 0.25) is 0 Å². The maximum Gasteiger partial charge on any atom is 0.137 e. The average Bonchev–Trinajstić information content (AvgIpc) is 2.23. The molecule has 2 atom stereocenters. The molecule has 15 heavy (non-hydrogen) atoms. The summed E-state index contributed by atoms with van der Waals surface area (Å²) in [5.41, 5.74) is 0.822. The Morgan fingerprint density at radius 1 is 1.47 bits per heavy atom. The minimum atomic E-state index is -0.409. The molecule has 84 valence electrons. The van der Waals surface area contributed by atoms with Gasteiger partial charge in [0.1, 0.15) is 5.82 Å². The normalized spacial score (nSPS) is 15.0. The largest absolute Gasteiger partial charge is 0.393 e. The van der Waals surface area contributed by atoms with Crippen molar-refractivity contribution < 1.29 is 9.50 Å². The summed E-state index contributed by atoms with van der Waals surface area (Å²) in [5, 5.41) is 9.84. The van der Waals surface area contributed by atoms with Crippen molar-refractivity contribution in [2.75, 3.05) is 0 Å². The van der Waals surface area contributed by atoms with Gasteiger partial charge in [-0.2, -0.15) is 0 Å². The lowest BCUT2D eigenvalue weighted by atomic mass is 9.96. The highest BCUT2D eigenvalue weighted by molar-refractivity contribution is 9.10. The number of rotatable bonds is 4. The minimum Gasteiger partial charge on any atom is -0.393 e. The van der Waals surface area contributed by atoms with Crippen LogP contribution in [0.2, 0.25) is 0 Å². The summed E-state index contributed by atoms with van der Waals surface area (Å²) in [6.07, 6.45) is 1.01. The molecule has 0 saturated carbocycles. The molecule has 0 heterocycles. The standard InChI is InChI=1S/C12H16BrFO/c1-3-8(2)11(15)7-9-5-4-6-10(14)12(9)13/h4-6,8,11,15H,3,7H2,1-2H3. The number of aliphatic hydroxyl groups excluding tert-OH is 1. The second-order valence-electron chi connectivity index (χ2n) is 3.87. The molecule has 1 rings (SSSR count). The predicted molar refractivity (Wildman–Crippen MR) is 63.3 cm³/mol. The van der Waals surface area contributed by atoms with Crippen LogP contribution in [0, 0.1) is 11.7 Å². The highest BCUT2D eigenvalue weighted by atomic mass is 79.9. The first kappa shape index (κ1) is 12.7. The number of aliphatic hydroxyl groups is 1. The highest BCUT2D eigenvalue weighted by Gasteiger charge is 2.15. The Bertz CT molecular complexity index is 327. The second-order valence-corrected chi connectivity index (χ2v) is 4.66. The fraction of sp³-hybridized carbons (Fsp3) is 0.500. The number of benzene rings is 1. The third-order valence-electron chi connectivity index (χ3n) is 2.76. The van der Waals surface area contributed by atoms with E-state index in [0.717, 1.165) is 12.0 Å². The Balaban J connectivity index is 2.76. The van der Waals surface area contributed by atoms with Gasteiger partial charge >= 0.3 is 0 Å². The maximum absolute atomic E-state index is 13.2. The van der Waals surface area contributed by atoms with Gasteiger partial charge in [0.15, 0.2) is 0 Å². The summed E-state index contributed by atoms with van der Waals surface area (Å²) in [6.45, 7) is 4.03.